The summed E-state index contributed by atoms with van der Waals surface area (Å²) in [7, 11) is 0. The third kappa shape index (κ3) is 5.70. The molecule has 2 saturated heterocycles. The number of carbonyl (C=O) groups excluding carboxylic acids is 1. The predicted molar refractivity (Wildman–Crippen MR) is 144 cm³/mol. The Morgan fingerprint density at radius 1 is 0.973 bits per heavy atom. The Bertz CT molecular complexity index is 1240. The normalized spacial score (nSPS) is 19.6. The highest BCUT2D eigenvalue weighted by atomic mass is 16.5. The molecule has 0 atom stereocenters. The van der Waals surface area contributed by atoms with Crippen LogP contribution >= 0.6 is 0 Å². The van der Waals surface area contributed by atoms with E-state index in [-0.39, 0.29) is 5.91 Å². The lowest BCUT2D eigenvalue weighted by molar-refractivity contribution is 0.0262. The molecule has 3 aromatic rings. The number of nitrogens with one attached hydrogen (secondary N) is 2. The van der Waals surface area contributed by atoms with Crippen LogP contribution in [-0.2, 0) is 4.74 Å². The highest BCUT2D eigenvalue weighted by Gasteiger charge is 2.27. The van der Waals surface area contributed by atoms with Crippen LogP contribution in [0, 0.1) is 6.92 Å². The van der Waals surface area contributed by atoms with Gasteiger partial charge in [0.05, 0.1) is 30.0 Å². The number of amides is 1. The second-order valence-corrected chi connectivity index (χ2v) is 10.7. The molecule has 1 amide bonds. The van der Waals surface area contributed by atoms with E-state index in [0.717, 1.165) is 92.9 Å². The first-order chi connectivity index (χ1) is 18.1. The van der Waals surface area contributed by atoms with E-state index < -0.39 is 0 Å². The van der Waals surface area contributed by atoms with Crippen molar-refractivity contribution in [3.63, 3.8) is 0 Å². The number of aryl methyl sites for hydroxylation is 1. The quantitative estimate of drug-likeness (QED) is 0.506. The number of anilines is 1. The summed E-state index contributed by atoms with van der Waals surface area (Å²) in [5, 5.41) is 11.4. The molecular weight excluding hydrogens is 464 g/mol. The maximum Gasteiger partial charge on any atom is 0.251 e. The average Bonchev–Trinajstić information content (AvgIpc) is 3.61. The van der Waals surface area contributed by atoms with Crippen molar-refractivity contribution in [2.24, 2.45) is 0 Å². The minimum atomic E-state index is -0.00212. The van der Waals surface area contributed by atoms with Gasteiger partial charge in [-0.05, 0) is 74.8 Å². The molecule has 0 radical (unpaired) electrons. The highest BCUT2D eigenvalue weighted by Crippen LogP contribution is 2.27. The second kappa shape index (κ2) is 10.6. The fourth-order valence-corrected chi connectivity index (χ4v) is 5.50. The van der Waals surface area contributed by atoms with E-state index in [9.17, 15) is 4.79 Å². The van der Waals surface area contributed by atoms with Gasteiger partial charge in [0.15, 0.2) is 0 Å². The molecule has 0 spiro atoms. The van der Waals surface area contributed by atoms with Crippen molar-refractivity contribution in [1.82, 2.24) is 25.0 Å². The van der Waals surface area contributed by atoms with Gasteiger partial charge in [-0.3, -0.25) is 9.78 Å². The molecule has 2 aromatic heterocycles. The molecule has 8 nitrogen and oxygen atoms in total. The number of rotatable bonds is 7. The Kier molecular flexibility index (Phi) is 6.93. The highest BCUT2D eigenvalue weighted by molar-refractivity contribution is 5.96. The Morgan fingerprint density at radius 3 is 2.57 bits per heavy atom. The van der Waals surface area contributed by atoms with Gasteiger partial charge in [0, 0.05) is 61.8 Å². The van der Waals surface area contributed by atoms with Gasteiger partial charge in [0.25, 0.3) is 5.91 Å². The standard InChI is InChI=1S/C29H36N6O2/c1-20-2-3-21(29(36)33-23-4-5-23)14-28(20)22-16-31-35(19-22)27-15-25(17-30-18-27)32-24-6-10-34(11-7-24)26-8-12-37-13-9-26/h2-3,14-19,23-24,26,32H,4-13H2,1H3,(H,33,36). The van der Waals surface area contributed by atoms with Crippen LogP contribution in [0.4, 0.5) is 5.69 Å². The summed E-state index contributed by atoms with van der Waals surface area (Å²) in [6, 6.07) is 9.47. The van der Waals surface area contributed by atoms with E-state index in [4.69, 9.17) is 4.74 Å². The molecule has 0 unspecified atom stereocenters. The first-order valence-corrected chi connectivity index (χ1v) is 13.6. The minimum absolute atomic E-state index is 0.00212. The number of benzene rings is 1. The van der Waals surface area contributed by atoms with Crippen molar-refractivity contribution in [3.05, 3.63) is 60.2 Å². The van der Waals surface area contributed by atoms with Gasteiger partial charge >= 0.3 is 0 Å². The van der Waals surface area contributed by atoms with Crippen LogP contribution in [0.1, 0.15) is 54.4 Å². The lowest BCUT2D eigenvalue weighted by Gasteiger charge is -2.39. The summed E-state index contributed by atoms with van der Waals surface area (Å²) in [6.45, 7) is 6.13. The zero-order chi connectivity index (χ0) is 25.2. The topological polar surface area (TPSA) is 84.3 Å². The maximum absolute atomic E-state index is 12.6. The van der Waals surface area contributed by atoms with Crippen molar-refractivity contribution < 1.29 is 9.53 Å². The van der Waals surface area contributed by atoms with Crippen LogP contribution in [-0.4, -0.2) is 70.0 Å². The average molecular weight is 501 g/mol. The molecule has 3 fully saturated rings. The van der Waals surface area contributed by atoms with E-state index in [1.54, 1.807) is 0 Å². The molecule has 1 aromatic carbocycles. The number of nitrogens with zero attached hydrogens (tertiary/aromatic N) is 4. The molecule has 1 aliphatic carbocycles. The van der Waals surface area contributed by atoms with Crippen molar-refractivity contribution in [2.75, 3.05) is 31.6 Å². The van der Waals surface area contributed by atoms with Gasteiger partial charge in [-0.25, -0.2) is 4.68 Å². The number of likely N-dealkylation sites (tertiary alicyclic amines) is 1. The van der Waals surface area contributed by atoms with E-state index in [0.29, 0.717) is 23.7 Å². The molecule has 2 aliphatic heterocycles. The van der Waals surface area contributed by atoms with Gasteiger partial charge in [-0.1, -0.05) is 6.07 Å². The number of aromatic nitrogens is 3. The van der Waals surface area contributed by atoms with Crippen LogP contribution < -0.4 is 10.6 Å². The fourth-order valence-electron chi connectivity index (χ4n) is 5.50. The molecule has 1 saturated carbocycles. The summed E-state index contributed by atoms with van der Waals surface area (Å²) in [5.74, 6) is -0.00212. The molecule has 4 heterocycles. The third-order valence-corrected chi connectivity index (χ3v) is 7.90. The first kappa shape index (κ1) is 24.1. The third-order valence-electron chi connectivity index (χ3n) is 7.90. The molecular formula is C29H36N6O2. The number of carbonyl (C=O) groups is 1. The lowest BCUT2D eigenvalue weighted by atomic mass is 9.99. The summed E-state index contributed by atoms with van der Waals surface area (Å²) in [6.07, 6.45) is 14.3. The second-order valence-electron chi connectivity index (χ2n) is 10.7. The molecule has 3 aliphatic rings. The monoisotopic (exact) mass is 500 g/mol. The summed E-state index contributed by atoms with van der Waals surface area (Å²) < 4.78 is 7.39. The first-order valence-electron chi connectivity index (χ1n) is 13.6. The van der Waals surface area contributed by atoms with Crippen LogP contribution in [0.3, 0.4) is 0 Å². The Morgan fingerprint density at radius 2 is 1.78 bits per heavy atom. The van der Waals surface area contributed by atoms with Crippen LogP contribution in [0.25, 0.3) is 16.8 Å². The van der Waals surface area contributed by atoms with E-state index >= 15 is 0 Å². The van der Waals surface area contributed by atoms with Crippen molar-refractivity contribution in [3.8, 4) is 16.8 Å². The fraction of sp³-hybridized carbons (Fsp3) is 0.483. The molecule has 37 heavy (non-hydrogen) atoms. The SMILES string of the molecule is Cc1ccc(C(=O)NC2CC2)cc1-c1cnn(-c2cncc(NC3CCN(C4CCOCC4)CC3)c2)c1. The molecule has 0 bridgehead atoms. The number of piperidine rings is 1. The van der Waals surface area contributed by atoms with Gasteiger partial charge < -0.3 is 20.3 Å². The van der Waals surface area contributed by atoms with E-state index in [1.165, 1.54) is 0 Å². The van der Waals surface area contributed by atoms with Gasteiger partial charge in [-0.2, -0.15) is 5.10 Å². The number of pyridine rings is 1. The zero-order valence-electron chi connectivity index (χ0n) is 21.5. The van der Waals surface area contributed by atoms with Gasteiger partial charge in [-0.15, -0.1) is 0 Å². The maximum atomic E-state index is 12.6. The minimum Gasteiger partial charge on any atom is -0.381 e. The van der Waals surface area contributed by atoms with Crippen molar-refractivity contribution >= 4 is 11.6 Å². The Hall–Kier alpha value is -3.23. The molecule has 6 rings (SSSR count). The molecule has 8 heteroatoms. The number of hydrogen-bond acceptors (Lipinski definition) is 6. The van der Waals surface area contributed by atoms with Crippen LogP contribution in [0.5, 0.6) is 0 Å². The van der Waals surface area contributed by atoms with Crippen molar-refractivity contribution in [1.29, 1.82) is 0 Å². The number of hydrogen-bond donors (Lipinski definition) is 2. The largest absolute Gasteiger partial charge is 0.381 e. The van der Waals surface area contributed by atoms with Crippen LogP contribution in [0.15, 0.2) is 49.1 Å². The summed E-state index contributed by atoms with van der Waals surface area (Å²) in [5.41, 5.74) is 5.75. The molecule has 2 N–H and O–H groups in total. The van der Waals surface area contributed by atoms with E-state index in [1.807, 2.05) is 47.7 Å². The Balaban J connectivity index is 1.11. The zero-order valence-corrected chi connectivity index (χ0v) is 21.5. The smallest absolute Gasteiger partial charge is 0.251 e. The molecule has 194 valence electrons. The Labute approximate surface area is 218 Å². The van der Waals surface area contributed by atoms with Crippen LogP contribution in [0.2, 0.25) is 0 Å². The lowest BCUT2D eigenvalue weighted by Crippen LogP contribution is -2.46. The van der Waals surface area contributed by atoms with Crippen molar-refractivity contribution in [2.45, 2.75) is 63.6 Å². The van der Waals surface area contributed by atoms with Gasteiger partial charge in [0.2, 0.25) is 0 Å². The van der Waals surface area contributed by atoms with Gasteiger partial charge in [0.1, 0.15) is 0 Å². The number of ether oxygens (including phenoxy) is 1. The summed E-state index contributed by atoms with van der Waals surface area (Å²) in [4.78, 5) is 19.7. The van der Waals surface area contributed by atoms with E-state index in [2.05, 4.69) is 38.6 Å². The predicted octanol–water partition coefficient (Wildman–Crippen LogP) is 4.19. The summed E-state index contributed by atoms with van der Waals surface area (Å²) >= 11 is 0.